The van der Waals surface area contributed by atoms with Gasteiger partial charge in [-0.05, 0) is 31.1 Å². The van der Waals surface area contributed by atoms with Crippen molar-refractivity contribution in [3.05, 3.63) is 0 Å². The molecule has 0 heterocycles. The maximum atomic E-state index is 8.60. The molecule has 0 aromatic carbocycles. The molecule has 0 bridgehead atoms. The summed E-state index contributed by atoms with van der Waals surface area (Å²) in [5.74, 6) is 2.03. The predicted molar refractivity (Wildman–Crippen MR) is 69.0 cm³/mol. The molecule has 2 rings (SSSR count). The molecular formula is C14H27NO2. The minimum Gasteiger partial charge on any atom is -0.394 e. The lowest BCUT2D eigenvalue weighted by molar-refractivity contribution is 0.0874. The number of fused-ring (bicyclic) bond motifs is 1. The SMILES string of the molecule is OCCOCCNC1CCC2CCCCC2C1. The molecule has 2 N–H and O–H groups in total. The summed E-state index contributed by atoms with van der Waals surface area (Å²) in [6.45, 7) is 2.26. The van der Waals surface area contributed by atoms with Gasteiger partial charge in [-0.2, -0.15) is 0 Å². The lowest BCUT2D eigenvalue weighted by atomic mass is 9.69. The van der Waals surface area contributed by atoms with E-state index >= 15 is 0 Å². The van der Waals surface area contributed by atoms with Gasteiger partial charge in [0, 0.05) is 12.6 Å². The van der Waals surface area contributed by atoms with Gasteiger partial charge in [0.05, 0.1) is 19.8 Å². The topological polar surface area (TPSA) is 41.5 Å². The van der Waals surface area contributed by atoms with E-state index < -0.39 is 0 Å². The van der Waals surface area contributed by atoms with Crippen molar-refractivity contribution in [2.75, 3.05) is 26.4 Å². The van der Waals surface area contributed by atoms with Crippen LogP contribution in [0.3, 0.4) is 0 Å². The summed E-state index contributed by atoms with van der Waals surface area (Å²) in [6.07, 6.45) is 10.0. The summed E-state index contributed by atoms with van der Waals surface area (Å²) in [5.41, 5.74) is 0. The van der Waals surface area contributed by atoms with Gasteiger partial charge in [0.25, 0.3) is 0 Å². The third-order valence-electron chi connectivity index (χ3n) is 4.45. The van der Waals surface area contributed by atoms with Crippen LogP contribution < -0.4 is 5.32 Å². The second kappa shape index (κ2) is 7.34. The van der Waals surface area contributed by atoms with E-state index in [1.807, 2.05) is 0 Å². The standard InChI is InChI=1S/C14H27NO2/c16-8-10-17-9-7-15-14-6-5-12-3-1-2-4-13(12)11-14/h12-16H,1-11H2. The summed E-state index contributed by atoms with van der Waals surface area (Å²) in [5, 5.41) is 12.2. The molecule has 0 radical (unpaired) electrons. The molecule has 0 spiro atoms. The van der Waals surface area contributed by atoms with Crippen molar-refractivity contribution in [3.8, 4) is 0 Å². The van der Waals surface area contributed by atoms with Gasteiger partial charge in [0.15, 0.2) is 0 Å². The quantitative estimate of drug-likeness (QED) is 0.698. The largest absolute Gasteiger partial charge is 0.394 e. The third kappa shape index (κ3) is 4.23. The third-order valence-corrected chi connectivity index (χ3v) is 4.45. The van der Waals surface area contributed by atoms with Crippen molar-refractivity contribution in [3.63, 3.8) is 0 Å². The molecule has 0 aliphatic heterocycles. The van der Waals surface area contributed by atoms with Gasteiger partial charge in [0.1, 0.15) is 0 Å². The van der Waals surface area contributed by atoms with E-state index in [1.54, 1.807) is 0 Å². The maximum Gasteiger partial charge on any atom is 0.0698 e. The fourth-order valence-electron chi connectivity index (χ4n) is 3.56. The Bertz CT molecular complexity index is 210. The van der Waals surface area contributed by atoms with Gasteiger partial charge in [-0.15, -0.1) is 0 Å². The first-order valence-electron chi connectivity index (χ1n) is 7.32. The molecule has 3 atom stereocenters. The second-order valence-electron chi connectivity index (χ2n) is 5.60. The Hall–Kier alpha value is -0.120. The number of ether oxygens (including phenoxy) is 1. The number of aliphatic hydroxyl groups excluding tert-OH is 1. The van der Waals surface area contributed by atoms with Gasteiger partial charge in [-0.3, -0.25) is 0 Å². The van der Waals surface area contributed by atoms with Gasteiger partial charge in [0.2, 0.25) is 0 Å². The Labute approximate surface area is 105 Å². The van der Waals surface area contributed by atoms with Crippen molar-refractivity contribution in [1.82, 2.24) is 5.32 Å². The molecule has 100 valence electrons. The van der Waals surface area contributed by atoms with Gasteiger partial charge in [-0.1, -0.05) is 25.7 Å². The molecule has 0 aromatic rings. The van der Waals surface area contributed by atoms with Gasteiger partial charge >= 0.3 is 0 Å². The highest BCUT2D eigenvalue weighted by molar-refractivity contribution is 4.86. The summed E-state index contributed by atoms with van der Waals surface area (Å²) >= 11 is 0. The van der Waals surface area contributed by atoms with Crippen LogP contribution in [0.4, 0.5) is 0 Å². The van der Waals surface area contributed by atoms with E-state index in [-0.39, 0.29) is 6.61 Å². The van der Waals surface area contributed by atoms with Crippen molar-refractivity contribution >= 4 is 0 Å². The molecule has 0 amide bonds. The Kier molecular flexibility index (Phi) is 5.75. The zero-order chi connectivity index (χ0) is 11.9. The number of hydrogen-bond acceptors (Lipinski definition) is 3. The van der Waals surface area contributed by atoms with E-state index in [4.69, 9.17) is 9.84 Å². The van der Waals surface area contributed by atoms with Crippen LogP contribution in [0.2, 0.25) is 0 Å². The normalized spacial score (nSPS) is 33.4. The molecule has 3 unspecified atom stereocenters. The molecule has 2 fully saturated rings. The first-order valence-corrected chi connectivity index (χ1v) is 7.32. The highest BCUT2D eigenvalue weighted by Crippen LogP contribution is 2.40. The van der Waals surface area contributed by atoms with Crippen molar-refractivity contribution < 1.29 is 9.84 Å². The van der Waals surface area contributed by atoms with Crippen LogP contribution in [0, 0.1) is 11.8 Å². The van der Waals surface area contributed by atoms with E-state index in [9.17, 15) is 0 Å². The van der Waals surface area contributed by atoms with E-state index in [0.717, 1.165) is 25.0 Å². The van der Waals surface area contributed by atoms with Crippen LogP contribution in [0.25, 0.3) is 0 Å². The van der Waals surface area contributed by atoms with Crippen molar-refractivity contribution in [1.29, 1.82) is 0 Å². The minimum absolute atomic E-state index is 0.132. The van der Waals surface area contributed by atoms with Crippen LogP contribution in [0.5, 0.6) is 0 Å². The zero-order valence-corrected chi connectivity index (χ0v) is 10.9. The average Bonchev–Trinajstić information content (AvgIpc) is 2.38. The van der Waals surface area contributed by atoms with E-state index in [0.29, 0.717) is 12.6 Å². The summed E-state index contributed by atoms with van der Waals surface area (Å²) in [7, 11) is 0. The summed E-state index contributed by atoms with van der Waals surface area (Å²) < 4.78 is 5.27. The Morgan fingerprint density at radius 3 is 2.65 bits per heavy atom. The van der Waals surface area contributed by atoms with Crippen LogP contribution in [-0.2, 0) is 4.74 Å². The molecule has 3 nitrogen and oxygen atoms in total. The maximum absolute atomic E-state index is 8.60. The molecule has 2 aliphatic rings. The first-order chi connectivity index (χ1) is 8.40. The average molecular weight is 241 g/mol. The van der Waals surface area contributed by atoms with Crippen molar-refractivity contribution in [2.45, 2.75) is 51.0 Å². The predicted octanol–water partition coefficient (Wildman–Crippen LogP) is 1.94. The van der Waals surface area contributed by atoms with Crippen LogP contribution >= 0.6 is 0 Å². The van der Waals surface area contributed by atoms with E-state index in [1.165, 1.54) is 44.9 Å². The zero-order valence-electron chi connectivity index (χ0n) is 10.9. The van der Waals surface area contributed by atoms with Crippen LogP contribution in [0.15, 0.2) is 0 Å². The molecule has 2 aliphatic carbocycles. The number of aliphatic hydroxyl groups is 1. The number of hydrogen-bond donors (Lipinski definition) is 2. The molecular weight excluding hydrogens is 214 g/mol. The second-order valence-corrected chi connectivity index (χ2v) is 5.60. The van der Waals surface area contributed by atoms with Crippen molar-refractivity contribution in [2.24, 2.45) is 11.8 Å². The molecule has 17 heavy (non-hydrogen) atoms. The Morgan fingerprint density at radius 2 is 1.82 bits per heavy atom. The molecule has 0 saturated heterocycles. The molecule has 3 heteroatoms. The lowest BCUT2D eigenvalue weighted by Crippen LogP contribution is -2.40. The van der Waals surface area contributed by atoms with Crippen LogP contribution in [-0.4, -0.2) is 37.5 Å². The summed E-state index contributed by atoms with van der Waals surface area (Å²) in [6, 6.07) is 0.715. The first kappa shape index (κ1) is 13.3. The lowest BCUT2D eigenvalue weighted by Gasteiger charge is -2.39. The molecule has 0 aromatic heterocycles. The van der Waals surface area contributed by atoms with E-state index in [2.05, 4.69) is 5.32 Å². The monoisotopic (exact) mass is 241 g/mol. The highest BCUT2D eigenvalue weighted by atomic mass is 16.5. The fourth-order valence-corrected chi connectivity index (χ4v) is 3.56. The Morgan fingerprint density at radius 1 is 1.00 bits per heavy atom. The fraction of sp³-hybridized carbons (Fsp3) is 1.00. The molecule has 2 saturated carbocycles. The van der Waals surface area contributed by atoms with Gasteiger partial charge < -0.3 is 15.2 Å². The number of nitrogens with one attached hydrogen (secondary N) is 1. The summed E-state index contributed by atoms with van der Waals surface area (Å²) in [4.78, 5) is 0. The number of rotatable bonds is 6. The highest BCUT2D eigenvalue weighted by Gasteiger charge is 2.31. The van der Waals surface area contributed by atoms with Gasteiger partial charge in [-0.25, -0.2) is 0 Å². The Balaban J connectivity index is 1.59. The van der Waals surface area contributed by atoms with Crippen LogP contribution in [0.1, 0.15) is 44.9 Å². The minimum atomic E-state index is 0.132. The smallest absolute Gasteiger partial charge is 0.0698 e.